The number of benzene rings is 3. The Labute approximate surface area is 252 Å². The molecule has 0 saturated carbocycles. The molecule has 10 nitrogen and oxygen atoms in total. The Bertz CT molecular complexity index is 1530. The maximum absolute atomic E-state index is 12.7. The summed E-state index contributed by atoms with van der Waals surface area (Å²) in [6.07, 6.45) is 1.95. The van der Waals surface area contributed by atoms with Gasteiger partial charge in [-0.3, -0.25) is 0 Å². The molecule has 2 aliphatic rings. The third kappa shape index (κ3) is 6.40. The molecule has 0 spiro atoms. The van der Waals surface area contributed by atoms with Crippen LogP contribution < -0.4 is 25.0 Å². The summed E-state index contributed by atoms with van der Waals surface area (Å²) in [6.45, 7) is 8.65. The largest absolute Gasteiger partial charge is 0.497 e. The van der Waals surface area contributed by atoms with Gasteiger partial charge in [0.25, 0.3) is 0 Å². The van der Waals surface area contributed by atoms with E-state index < -0.39 is 0 Å². The van der Waals surface area contributed by atoms with Crippen LogP contribution in [0.5, 0.6) is 11.5 Å². The van der Waals surface area contributed by atoms with Crippen molar-refractivity contribution in [2.45, 2.75) is 38.7 Å². The zero-order valence-corrected chi connectivity index (χ0v) is 25.0. The van der Waals surface area contributed by atoms with Crippen LogP contribution in [0.1, 0.15) is 38.2 Å². The molecule has 10 heteroatoms. The fourth-order valence-electron chi connectivity index (χ4n) is 5.43. The maximum Gasteiger partial charge on any atom is 0.350 e. The zero-order chi connectivity index (χ0) is 29.8. The first-order chi connectivity index (χ1) is 21.0. The second kappa shape index (κ2) is 12.9. The lowest BCUT2D eigenvalue weighted by atomic mass is 10.2. The molecule has 2 fully saturated rings. The minimum absolute atomic E-state index is 0.0779. The van der Waals surface area contributed by atoms with Crippen LogP contribution in [0.25, 0.3) is 5.69 Å². The molecule has 0 N–H and O–H groups in total. The average Bonchev–Trinajstić information content (AvgIpc) is 3.71. The minimum atomic E-state index is -0.386. The van der Waals surface area contributed by atoms with Crippen molar-refractivity contribution >= 4 is 11.4 Å². The monoisotopic (exact) mass is 585 g/mol. The van der Waals surface area contributed by atoms with Crippen LogP contribution in [-0.2, 0) is 9.47 Å². The SMILES string of the molecule is CCC(C)n1ncn(-c2ccc(N3CCN(c4ccc(OC[C@@H]5CO[C@@H](c6ccc(OC)cc6)O5)cc4)CC3)cc2)c1=O. The van der Waals surface area contributed by atoms with Crippen LogP contribution in [0, 0.1) is 0 Å². The molecule has 0 amide bonds. The molecule has 1 unspecified atom stereocenters. The molecular formula is C33H39N5O5. The van der Waals surface area contributed by atoms with Gasteiger partial charge in [-0.25, -0.2) is 14.0 Å². The zero-order valence-electron chi connectivity index (χ0n) is 25.0. The number of piperazine rings is 1. The number of aromatic nitrogens is 3. The van der Waals surface area contributed by atoms with Crippen LogP contribution in [0.2, 0.25) is 0 Å². The van der Waals surface area contributed by atoms with Gasteiger partial charge in [0.1, 0.15) is 30.5 Å². The van der Waals surface area contributed by atoms with E-state index in [9.17, 15) is 4.79 Å². The number of ether oxygens (including phenoxy) is 4. The Hall–Kier alpha value is -4.28. The van der Waals surface area contributed by atoms with Crippen LogP contribution >= 0.6 is 0 Å². The van der Waals surface area contributed by atoms with Gasteiger partial charge in [0.2, 0.25) is 0 Å². The first-order valence-electron chi connectivity index (χ1n) is 14.9. The highest BCUT2D eigenvalue weighted by Crippen LogP contribution is 2.29. The minimum Gasteiger partial charge on any atom is -0.497 e. The van der Waals surface area contributed by atoms with Crippen molar-refractivity contribution < 1.29 is 18.9 Å². The van der Waals surface area contributed by atoms with Crippen LogP contribution in [0.4, 0.5) is 11.4 Å². The third-order valence-corrected chi connectivity index (χ3v) is 8.25. The quantitative estimate of drug-likeness (QED) is 0.262. The molecule has 6 rings (SSSR count). The summed E-state index contributed by atoms with van der Waals surface area (Å²) >= 11 is 0. The lowest BCUT2D eigenvalue weighted by Gasteiger charge is -2.37. The summed E-state index contributed by atoms with van der Waals surface area (Å²) in [6, 6.07) is 24.2. The van der Waals surface area contributed by atoms with E-state index in [0.717, 1.165) is 61.0 Å². The predicted octanol–water partition coefficient (Wildman–Crippen LogP) is 4.83. The Morgan fingerprint density at radius 1 is 0.860 bits per heavy atom. The third-order valence-electron chi connectivity index (χ3n) is 8.25. The number of nitrogens with zero attached hydrogens (tertiary/aromatic N) is 5. The van der Waals surface area contributed by atoms with Gasteiger partial charge < -0.3 is 28.7 Å². The van der Waals surface area contributed by atoms with E-state index >= 15 is 0 Å². The molecule has 1 aromatic heterocycles. The number of hydrogen-bond donors (Lipinski definition) is 0. The Morgan fingerprint density at radius 2 is 1.44 bits per heavy atom. The molecule has 2 saturated heterocycles. The Kier molecular flexibility index (Phi) is 8.67. The van der Waals surface area contributed by atoms with E-state index in [1.807, 2.05) is 55.5 Å². The van der Waals surface area contributed by atoms with Gasteiger partial charge in [0, 0.05) is 43.1 Å². The number of hydrogen-bond acceptors (Lipinski definition) is 8. The topological polar surface area (TPSA) is 83.2 Å². The van der Waals surface area contributed by atoms with Crippen molar-refractivity contribution in [3.8, 4) is 17.2 Å². The lowest BCUT2D eigenvalue weighted by Crippen LogP contribution is -2.46. The normalized spacial score (nSPS) is 19.4. The van der Waals surface area contributed by atoms with Crippen molar-refractivity contribution in [3.05, 3.63) is 95.2 Å². The summed E-state index contributed by atoms with van der Waals surface area (Å²) in [5.41, 5.74) is 4.02. The second-order valence-electron chi connectivity index (χ2n) is 11.0. The van der Waals surface area contributed by atoms with Gasteiger partial charge >= 0.3 is 5.69 Å². The Balaban J connectivity index is 0.972. The van der Waals surface area contributed by atoms with Gasteiger partial charge in [-0.15, -0.1) is 0 Å². The summed E-state index contributed by atoms with van der Waals surface area (Å²) in [5, 5.41) is 4.29. The van der Waals surface area contributed by atoms with E-state index in [-0.39, 0.29) is 24.1 Å². The standard InChI is InChI=1S/C33H39N5O5/c1-4-24(2)38-33(39)37(23-34-38)28-9-7-26(8-10-28)35-17-19-36(20-18-35)27-11-15-30(16-12-27)41-21-31-22-42-32(43-31)25-5-13-29(40-3)14-6-25/h5-16,23-24,31-32H,4,17-22H2,1-3H3/t24?,31-,32-/m1/s1. The lowest BCUT2D eigenvalue weighted by molar-refractivity contribution is -0.0659. The van der Waals surface area contributed by atoms with Gasteiger partial charge in [0.05, 0.1) is 25.4 Å². The van der Waals surface area contributed by atoms with Gasteiger partial charge in [-0.1, -0.05) is 19.1 Å². The molecule has 4 aromatic rings. The fourth-order valence-corrected chi connectivity index (χ4v) is 5.43. The van der Waals surface area contributed by atoms with E-state index in [1.54, 1.807) is 22.7 Å². The molecular weight excluding hydrogens is 546 g/mol. The van der Waals surface area contributed by atoms with Crippen molar-refractivity contribution in [3.63, 3.8) is 0 Å². The highest BCUT2D eigenvalue weighted by atomic mass is 16.7. The van der Waals surface area contributed by atoms with E-state index in [0.29, 0.717) is 13.2 Å². The molecule has 3 atom stereocenters. The number of rotatable bonds is 10. The number of anilines is 2. The smallest absolute Gasteiger partial charge is 0.350 e. The highest BCUT2D eigenvalue weighted by molar-refractivity contribution is 5.54. The predicted molar refractivity (Wildman–Crippen MR) is 166 cm³/mol. The molecule has 3 aromatic carbocycles. The van der Waals surface area contributed by atoms with Crippen LogP contribution in [-0.4, -0.2) is 67.0 Å². The molecule has 3 heterocycles. The van der Waals surface area contributed by atoms with Gasteiger partial charge in [0.15, 0.2) is 6.29 Å². The van der Waals surface area contributed by atoms with Crippen LogP contribution in [0.15, 0.2) is 83.9 Å². The molecule has 0 radical (unpaired) electrons. The number of methoxy groups -OCH3 is 1. The van der Waals surface area contributed by atoms with Crippen molar-refractivity contribution in [2.75, 3.05) is 56.3 Å². The first kappa shape index (κ1) is 28.8. The van der Waals surface area contributed by atoms with Crippen LogP contribution in [0.3, 0.4) is 0 Å². The molecule has 226 valence electrons. The summed E-state index contributed by atoms with van der Waals surface area (Å²) < 4.78 is 26.3. The molecule has 2 aliphatic heterocycles. The summed E-state index contributed by atoms with van der Waals surface area (Å²) in [4.78, 5) is 17.5. The second-order valence-corrected chi connectivity index (χ2v) is 11.0. The van der Waals surface area contributed by atoms with Gasteiger partial charge in [-0.05, 0) is 74.0 Å². The molecule has 43 heavy (non-hydrogen) atoms. The molecule has 0 bridgehead atoms. The molecule has 0 aliphatic carbocycles. The van der Waals surface area contributed by atoms with Crippen molar-refractivity contribution in [1.29, 1.82) is 0 Å². The fraction of sp³-hybridized carbons (Fsp3) is 0.394. The first-order valence-corrected chi connectivity index (χ1v) is 14.9. The summed E-state index contributed by atoms with van der Waals surface area (Å²) in [7, 11) is 1.65. The Morgan fingerprint density at radius 3 is 2.05 bits per heavy atom. The van der Waals surface area contributed by atoms with E-state index in [2.05, 4.69) is 46.1 Å². The van der Waals surface area contributed by atoms with E-state index in [4.69, 9.17) is 18.9 Å². The summed E-state index contributed by atoms with van der Waals surface area (Å²) in [5.74, 6) is 1.62. The van der Waals surface area contributed by atoms with E-state index in [1.165, 1.54) is 5.69 Å². The average molecular weight is 586 g/mol. The maximum atomic E-state index is 12.7. The van der Waals surface area contributed by atoms with Crippen molar-refractivity contribution in [2.24, 2.45) is 0 Å². The van der Waals surface area contributed by atoms with Gasteiger partial charge in [-0.2, -0.15) is 5.10 Å². The van der Waals surface area contributed by atoms with Crippen molar-refractivity contribution in [1.82, 2.24) is 14.3 Å². The highest BCUT2D eigenvalue weighted by Gasteiger charge is 2.28.